The minimum Gasteiger partial charge on any atom is -0.373 e. The van der Waals surface area contributed by atoms with Gasteiger partial charge in [-0.05, 0) is 17.6 Å². The van der Waals surface area contributed by atoms with Gasteiger partial charge in [0.05, 0.1) is 0 Å². The summed E-state index contributed by atoms with van der Waals surface area (Å²) in [4.78, 5) is 8.30. The molecule has 0 unspecified atom stereocenters. The Hall–Kier alpha value is -1.56. The molecule has 0 radical (unpaired) electrons. The summed E-state index contributed by atoms with van der Waals surface area (Å²) >= 11 is 1.29. The van der Waals surface area contributed by atoms with Gasteiger partial charge in [-0.1, -0.05) is 4.49 Å². The predicted octanol–water partition coefficient (Wildman–Crippen LogP) is 1.04. The van der Waals surface area contributed by atoms with Crippen LogP contribution in [0, 0.1) is 0 Å². The average molecular weight is 193 g/mol. The van der Waals surface area contributed by atoms with Gasteiger partial charge in [0.25, 0.3) is 0 Å². The second kappa shape index (κ2) is 3.44. The van der Waals surface area contributed by atoms with Crippen LogP contribution in [-0.2, 0) is 0 Å². The van der Waals surface area contributed by atoms with Crippen LogP contribution in [-0.4, -0.2) is 26.6 Å². The number of rotatable bonds is 2. The Morgan fingerprint density at radius 1 is 1.46 bits per heavy atom. The lowest BCUT2D eigenvalue weighted by atomic mass is 10.4. The Kier molecular flexibility index (Phi) is 2.13. The smallest absolute Gasteiger partial charge is 0.182 e. The molecular weight excluding hydrogens is 186 g/mol. The van der Waals surface area contributed by atoms with Crippen LogP contribution in [0.4, 0.5) is 5.82 Å². The average Bonchev–Trinajstić information content (AvgIpc) is 2.71. The van der Waals surface area contributed by atoms with Crippen molar-refractivity contribution < 1.29 is 0 Å². The molecule has 0 spiro atoms. The minimum atomic E-state index is 0.598. The van der Waals surface area contributed by atoms with Crippen molar-refractivity contribution in [1.29, 1.82) is 0 Å². The third-order valence-electron chi connectivity index (χ3n) is 1.50. The standard InChI is InChI=1S/C7H7N5S/c1-8-6-2-3-9-7(10-6)5-4-13-12-11-5/h2-4H,1H3,(H,8,9,10). The van der Waals surface area contributed by atoms with Gasteiger partial charge < -0.3 is 5.32 Å². The monoisotopic (exact) mass is 193 g/mol. The van der Waals surface area contributed by atoms with Crippen molar-refractivity contribution in [2.75, 3.05) is 12.4 Å². The van der Waals surface area contributed by atoms with Crippen LogP contribution in [0.1, 0.15) is 0 Å². The van der Waals surface area contributed by atoms with Gasteiger partial charge in [0.2, 0.25) is 0 Å². The minimum absolute atomic E-state index is 0.598. The maximum Gasteiger partial charge on any atom is 0.182 e. The van der Waals surface area contributed by atoms with Gasteiger partial charge in [0.1, 0.15) is 11.5 Å². The highest BCUT2D eigenvalue weighted by Gasteiger charge is 2.03. The quantitative estimate of drug-likeness (QED) is 0.772. The molecule has 0 aliphatic rings. The van der Waals surface area contributed by atoms with E-state index in [-0.39, 0.29) is 0 Å². The van der Waals surface area contributed by atoms with E-state index in [0.717, 1.165) is 5.82 Å². The fraction of sp³-hybridized carbons (Fsp3) is 0.143. The molecule has 0 aliphatic heterocycles. The molecule has 2 heterocycles. The van der Waals surface area contributed by atoms with Gasteiger partial charge in [0, 0.05) is 18.6 Å². The van der Waals surface area contributed by atoms with E-state index in [1.165, 1.54) is 11.5 Å². The first kappa shape index (κ1) is 8.06. The van der Waals surface area contributed by atoms with E-state index < -0.39 is 0 Å². The Labute approximate surface area is 79.0 Å². The summed E-state index contributed by atoms with van der Waals surface area (Å²) in [7, 11) is 1.81. The summed E-state index contributed by atoms with van der Waals surface area (Å²) in [5.41, 5.74) is 0.710. The van der Waals surface area contributed by atoms with E-state index in [1.54, 1.807) is 12.3 Å². The number of hydrogen-bond acceptors (Lipinski definition) is 6. The normalized spacial score (nSPS) is 9.92. The summed E-state index contributed by atoms with van der Waals surface area (Å²) in [6.07, 6.45) is 1.69. The van der Waals surface area contributed by atoms with Crippen LogP contribution in [0.15, 0.2) is 17.6 Å². The maximum atomic E-state index is 4.22. The van der Waals surface area contributed by atoms with Crippen molar-refractivity contribution in [3.63, 3.8) is 0 Å². The number of aromatic nitrogens is 4. The van der Waals surface area contributed by atoms with Crippen molar-refractivity contribution >= 4 is 17.4 Å². The predicted molar refractivity (Wildman–Crippen MR) is 50.5 cm³/mol. The molecule has 66 valence electrons. The lowest BCUT2D eigenvalue weighted by molar-refractivity contribution is 1.09. The molecule has 0 bridgehead atoms. The Morgan fingerprint density at radius 2 is 2.38 bits per heavy atom. The highest BCUT2D eigenvalue weighted by molar-refractivity contribution is 7.03. The molecule has 0 aliphatic carbocycles. The summed E-state index contributed by atoms with van der Waals surface area (Å²) in [6.45, 7) is 0. The van der Waals surface area contributed by atoms with E-state index in [4.69, 9.17) is 0 Å². The molecule has 0 fully saturated rings. The second-order valence-corrected chi connectivity index (χ2v) is 2.92. The number of nitrogens with zero attached hydrogens (tertiary/aromatic N) is 4. The first-order chi connectivity index (χ1) is 6.40. The van der Waals surface area contributed by atoms with E-state index in [1.807, 2.05) is 12.4 Å². The first-order valence-corrected chi connectivity index (χ1v) is 4.52. The molecule has 0 atom stereocenters. The largest absolute Gasteiger partial charge is 0.373 e. The topological polar surface area (TPSA) is 63.6 Å². The second-order valence-electron chi connectivity index (χ2n) is 2.31. The lowest BCUT2D eigenvalue weighted by Crippen LogP contribution is -1.95. The Bertz CT molecular complexity index is 386. The molecule has 13 heavy (non-hydrogen) atoms. The third kappa shape index (κ3) is 1.62. The van der Waals surface area contributed by atoms with Crippen molar-refractivity contribution in [1.82, 2.24) is 19.6 Å². The zero-order valence-electron chi connectivity index (χ0n) is 6.93. The molecule has 0 saturated heterocycles. The van der Waals surface area contributed by atoms with Crippen molar-refractivity contribution in [3.8, 4) is 11.5 Å². The number of anilines is 1. The molecule has 0 amide bonds. The van der Waals surface area contributed by atoms with Crippen LogP contribution in [0.25, 0.3) is 11.5 Å². The van der Waals surface area contributed by atoms with Crippen LogP contribution >= 0.6 is 11.5 Å². The van der Waals surface area contributed by atoms with Gasteiger partial charge in [-0.2, -0.15) is 0 Å². The Balaban J connectivity index is 2.41. The molecular formula is C7H7N5S. The molecule has 0 aromatic carbocycles. The third-order valence-corrected chi connectivity index (χ3v) is 2.01. The van der Waals surface area contributed by atoms with E-state index >= 15 is 0 Å². The summed E-state index contributed by atoms with van der Waals surface area (Å²) in [6, 6.07) is 1.79. The van der Waals surface area contributed by atoms with E-state index in [9.17, 15) is 0 Å². The molecule has 2 rings (SSSR count). The van der Waals surface area contributed by atoms with Crippen LogP contribution in [0.3, 0.4) is 0 Å². The van der Waals surface area contributed by atoms with Gasteiger partial charge in [0.15, 0.2) is 5.82 Å². The summed E-state index contributed by atoms with van der Waals surface area (Å²) in [5, 5.41) is 8.63. The SMILES string of the molecule is CNc1ccnc(-c2csnn2)n1. The molecule has 6 heteroatoms. The molecule has 5 nitrogen and oxygen atoms in total. The molecule has 0 saturated carbocycles. The van der Waals surface area contributed by atoms with Crippen molar-refractivity contribution in [3.05, 3.63) is 17.6 Å². The fourth-order valence-corrected chi connectivity index (χ4v) is 1.32. The zero-order chi connectivity index (χ0) is 9.10. The zero-order valence-corrected chi connectivity index (χ0v) is 7.75. The van der Waals surface area contributed by atoms with Crippen LogP contribution < -0.4 is 5.32 Å². The maximum absolute atomic E-state index is 4.22. The molecule has 1 N–H and O–H groups in total. The van der Waals surface area contributed by atoms with Crippen molar-refractivity contribution in [2.45, 2.75) is 0 Å². The molecule has 2 aromatic heterocycles. The summed E-state index contributed by atoms with van der Waals surface area (Å²) in [5.74, 6) is 1.37. The van der Waals surface area contributed by atoms with Gasteiger partial charge in [-0.3, -0.25) is 0 Å². The highest BCUT2D eigenvalue weighted by atomic mass is 32.1. The lowest BCUT2D eigenvalue weighted by Gasteiger charge is -1.98. The van der Waals surface area contributed by atoms with Crippen LogP contribution in [0.2, 0.25) is 0 Å². The number of nitrogens with one attached hydrogen (secondary N) is 1. The van der Waals surface area contributed by atoms with Gasteiger partial charge in [-0.15, -0.1) is 5.10 Å². The van der Waals surface area contributed by atoms with Crippen molar-refractivity contribution in [2.24, 2.45) is 0 Å². The van der Waals surface area contributed by atoms with E-state index in [2.05, 4.69) is 24.9 Å². The molecule has 2 aromatic rings. The highest BCUT2D eigenvalue weighted by Crippen LogP contribution is 2.13. The number of hydrogen-bond donors (Lipinski definition) is 1. The van der Waals surface area contributed by atoms with Crippen LogP contribution in [0.5, 0.6) is 0 Å². The summed E-state index contributed by atoms with van der Waals surface area (Å²) < 4.78 is 3.75. The van der Waals surface area contributed by atoms with Gasteiger partial charge >= 0.3 is 0 Å². The van der Waals surface area contributed by atoms with Gasteiger partial charge in [-0.25, -0.2) is 9.97 Å². The first-order valence-electron chi connectivity index (χ1n) is 3.68. The van der Waals surface area contributed by atoms with E-state index in [0.29, 0.717) is 11.5 Å². The Morgan fingerprint density at radius 3 is 3.08 bits per heavy atom. The fourth-order valence-electron chi connectivity index (χ4n) is 0.883.